The lowest BCUT2D eigenvalue weighted by atomic mass is 9.75. The summed E-state index contributed by atoms with van der Waals surface area (Å²) < 4.78 is 0. The van der Waals surface area contributed by atoms with Crippen LogP contribution in [-0.2, 0) is 0 Å². The van der Waals surface area contributed by atoms with Crippen LogP contribution in [0, 0.1) is 11.8 Å². The van der Waals surface area contributed by atoms with Gasteiger partial charge in [-0.25, -0.2) is 0 Å². The fourth-order valence-electron chi connectivity index (χ4n) is 4.76. The zero-order valence-corrected chi connectivity index (χ0v) is 24.8. The van der Waals surface area contributed by atoms with Gasteiger partial charge in [-0.05, 0) is 82.8 Å². The number of aliphatic imine (C=N–C) groups is 1. The van der Waals surface area contributed by atoms with Crippen LogP contribution in [0.5, 0.6) is 0 Å². The zero-order chi connectivity index (χ0) is 27.5. The first kappa shape index (κ1) is 36.7. The normalized spacial score (nSPS) is 18.0. The maximum Gasteiger partial charge on any atom is 0.165 e. The van der Waals surface area contributed by atoms with Crippen molar-refractivity contribution >= 4 is 11.5 Å². The van der Waals surface area contributed by atoms with Gasteiger partial charge in [0.25, 0.3) is 0 Å². The first-order chi connectivity index (χ1) is 17.5. The Morgan fingerprint density at radius 2 is 1.46 bits per heavy atom. The molecular weight excluding hydrogens is 450 g/mol. The first-order valence-corrected chi connectivity index (χ1v) is 14.4. The summed E-state index contributed by atoms with van der Waals surface area (Å²) >= 11 is 0. The van der Waals surface area contributed by atoms with E-state index >= 15 is 0 Å². The monoisotopic (exact) mass is 507 g/mol. The lowest BCUT2D eigenvalue weighted by molar-refractivity contribution is 0.0877. The van der Waals surface area contributed by atoms with Crippen LogP contribution in [0.2, 0.25) is 0 Å². The average molecular weight is 508 g/mol. The molecule has 37 heavy (non-hydrogen) atoms. The molecule has 0 bridgehead atoms. The molecule has 0 spiro atoms. The third kappa shape index (κ3) is 12.1. The van der Waals surface area contributed by atoms with Crippen LogP contribution in [0.1, 0.15) is 131 Å². The van der Waals surface area contributed by atoms with Crippen molar-refractivity contribution < 1.29 is 4.79 Å². The minimum absolute atomic E-state index is 0. The number of ketones is 1. The van der Waals surface area contributed by atoms with Crippen molar-refractivity contribution in [3.8, 4) is 0 Å². The predicted molar refractivity (Wildman–Crippen MR) is 168 cm³/mol. The summed E-state index contributed by atoms with van der Waals surface area (Å²) in [6.07, 6.45) is 12.0. The van der Waals surface area contributed by atoms with Crippen molar-refractivity contribution in [1.82, 2.24) is 0 Å². The Labute approximate surface area is 230 Å². The highest BCUT2D eigenvalue weighted by molar-refractivity contribution is 6.01. The van der Waals surface area contributed by atoms with Crippen LogP contribution in [0.3, 0.4) is 0 Å². The van der Waals surface area contributed by atoms with Crippen LogP contribution in [0.15, 0.2) is 70.4 Å². The Balaban J connectivity index is 0. The summed E-state index contributed by atoms with van der Waals surface area (Å²) in [5.41, 5.74) is 10.5. The average Bonchev–Trinajstić information content (AvgIpc) is 3.37. The lowest BCUT2D eigenvalue weighted by Crippen LogP contribution is -2.23. The van der Waals surface area contributed by atoms with Gasteiger partial charge in [0, 0.05) is 23.7 Å². The predicted octanol–water partition coefficient (Wildman–Crippen LogP) is 11.0. The van der Waals surface area contributed by atoms with E-state index in [9.17, 15) is 4.79 Å². The van der Waals surface area contributed by atoms with Gasteiger partial charge in [-0.3, -0.25) is 9.79 Å². The van der Waals surface area contributed by atoms with Gasteiger partial charge in [0.05, 0.1) is 0 Å². The minimum Gasteiger partial charge on any atom is -0.294 e. The highest BCUT2D eigenvalue weighted by atomic mass is 16.1. The maximum absolute atomic E-state index is 13.0. The number of allylic oxidation sites excluding steroid dienone is 5. The molecule has 0 atom stereocenters. The smallest absolute Gasteiger partial charge is 0.165 e. The number of hydrogen-bond donors (Lipinski definition) is 0. The molecule has 0 saturated heterocycles. The second kappa shape index (κ2) is 21.6. The van der Waals surface area contributed by atoms with Crippen LogP contribution in [-0.4, -0.2) is 18.0 Å². The second-order valence-electron chi connectivity index (χ2n) is 8.73. The Morgan fingerprint density at radius 1 is 0.946 bits per heavy atom. The number of carbonyl (C=O) groups excluding carboxylic acids is 1. The van der Waals surface area contributed by atoms with Gasteiger partial charge in [0.2, 0.25) is 0 Å². The second-order valence-corrected chi connectivity index (χ2v) is 8.73. The number of Topliss-reactive ketones (excluding diaryl/α,β-unsaturated/α-hetero) is 1. The molecule has 2 nitrogen and oxygen atoms in total. The lowest BCUT2D eigenvalue weighted by Gasteiger charge is -2.29. The molecule has 0 amide bonds. The van der Waals surface area contributed by atoms with Crippen LogP contribution < -0.4 is 0 Å². The topological polar surface area (TPSA) is 29.4 Å². The molecule has 2 aliphatic carbocycles. The summed E-state index contributed by atoms with van der Waals surface area (Å²) in [6, 6.07) is 8.00. The van der Waals surface area contributed by atoms with Crippen molar-refractivity contribution in [2.75, 3.05) is 6.54 Å². The Hall–Kier alpha value is -2.44. The van der Waals surface area contributed by atoms with Gasteiger partial charge in [-0.1, -0.05) is 103 Å². The molecule has 1 aromatic rings. The Morgan fingerprint density at radius 3 is 1.92 bits per heavy atom. The minimum atomic E-state index is 0. The van der Waals surface area contributed by atoms with Crippen molar-refractivity contribution in [1.29, 1.82) is 0 Å². The zero-order valence-electron chi connectivity index (χ0n) is 24.8. The summed E-state index contributed by atoms with van der Waals surface area (Å²) in [5.74, 6) is 0.978. The maximum atomic E-state index is 13.0. The van der Waals surface area contributed by atoms with E-state index in [0.717, 1.165) is 68.3 Å². The highest BCUT2D eigenvalue weighted by Crippen LogP contribution is 2.37. The van der Waals surface area contributed by atoms with Crippen molar-refractivity contribution in [3.63, 3.8) is 0 Å². The van der Waals surface area contributed by atoms with Gasteiger partial charge >= 0.3 is 0 Å². The van der Waals surface area contributed by atoms with E-state index in [1.54, 1.807) is 0 Å². The molecule has 0 heterocycles. The van der Waals surface area contributed by atoms with Crippen LogP contribution in [0.4, 0.5) is 0 Å². The van der Waals surface area contributed by atoms with E-state index < -0.39 is 0 Å². The SMILES string of the molecule is C.C=C=C(CCC1=CCC(C)=C1)C1CCC(C(=O)c2ccc(C(C)=NCC)cc2)CC1.CC.CC.CC. The van der Waals surface area contributed by atoms with Gasteiger partial charge in [0.15, 0.2) is 5.78 Å². The number of rotatable bonds is 8. The number of benzene rings is 1. The molecule has 0 N–H and O–H groups in total. The molecule has 1 aromatic carbocycles. The van der Waals surface area contributed by atoms with E-state index in [2.05, 4.69) is 36.4 Å². The molecule has 1 fully saturated rings. The quantitative estimate of drug-likeness (QED) is 0.195. The molecule has 208 valence electrons. The largest absolute Gasteiger partial charge is 0.294 e. The molecule has 1 saturated carbocycles. The highest BCUT2D eigenvalue weighted by Gasteiger charge is 2.28. The van der Waals surface area contributed by atoms with E-state index in [0.29, 0.717) is 11.7 Å². The van der Waals surface area contributed by atoms with Gasteiger partial charge in [-0.2, -0.15) is 0 Å². The molecule has 0 unspecified atom stereocenters. The third-order valence-corrected chi connectivity index (χ3v) is 6.60. The summed E-state index contributed by atoms with van der Waals surface area (Å²) in [6.45, 7) is 23.0. The molecule has 0 aliphatic heterocycles. The molecule has 0 aromatic heterocycles. The van der Waals surface area contributed by atoms with Gasteiger partial charge in [-0.15, -0.1) is 5.73 Å². The van der Waals surface area contributed by atoms with E-state index in [1.165, 1.54) is 16.7 Å². The van der Waals surface area contributed by atoms with Gasteiger partial charge < -0.3 is 0 Å². The summed E-state index contributed by atoms with van der Waals surface area (Å²) in [4.78, 5) is 17.5. The van der Waals surface area contributed by atoms with Crippen LogP contribution >= 0.6 is 0 Å². The van der Waals surface area contributed by atoms with E-state index in [-0.39, 0.29) is 13.3 Å². The molecular formula is C35H57NO. The molecule has 2 heteroatoms. The Bertz CT molecular complexity index is 899. The van der Waals surface area contributed by atoms with E-state index in [4.69, 9.17) is 0 Å². The summed E-state index contributed by atoms with van der Waals surface area (Å²) in [5, 5.41) is 0. The first-order valence-electron chi connectivity index (χ1n) is 14.4. The third-order valence-electron chi connectivity index (χ3n) is 6.60. The Kier molecular flexibility index (Phi) is 21.5. The standard InChI is InChI=1S/C28H35NO.3C2H6.CH4/c1-5-23(10-9-22-8-7-20(3)19-22)25-13-17-27(18-14-25)28(30)26-15-11-24(12-16-26)21(4)29-6-2;3*1-2;/h8,11-12,15-16,19,25,27H,1,6-7,9-10,13-14,17-18H2,2-4H3;3*1-2H3;1H4. The van der Waals surface area contributed by atoms with Crippen molar-refractivity contribution in [2.24, 2.45) is 16.8 Å². The number of hydrogen-bond acceptors (Lipinski definition) is 2. The number of carbonyl (C=O) groups is 1. The van der Waals surface area contributed by atoms with E-state index in [1.807, 2.05) is 79.7 Å². The molecule has 3 rings (SSSR count). The number of nitrogens with zero attached hydrogens (tertiary/aromatic N) is 1. The van der Waals surface area contributed by atoms with Crippen molar-refractivity contribution in [3.05, 3.63) is 76.6 Å². The molecule has 2 aliphatic rings. The molecule has 0 radical (unpaired) electrons. The fourth-order valence-corrected chi connectivity index (χ4v) is 4.76. The van der Waals surface area contributed by atoms with Gasteiger partial charge in [0.1, 0.15) is 0 Å². The fraction of sp³-hybridized carbons (Fsp3) is 0.571. The van der Waals surface area contributed by atoms with Crippen molar-refractivity contribution in [2.45, 2.75) is 115 Å². The summed E-state index contributed by atoms with van der Waals surface area (Å²) in [7, 11) is 0. The van der Waals surface area contributed by atoms with Crippen LogP contribution in [0.25, 0.3) is 0 Å².